The van der Waals surface area contributed by atoms with Gasteiger partial charge in [-0.3, -0.25) is 9.78 Å². The summed E-state index contributed by atoms with van der Waals surface area (Å²) >= 11 is 0. The number of rotatable bonds is 5. The molecule has 0 atom stereocenters. The summed E-state index contributed by atoms with van der Waals surface area (Å²) in [6, 6.07) is 8.42. The van der Waals surface area contributed by atoms with Crippen LogP contribution in [0.1, 0.15) is 21.9 Å². The number of carbonyl (C=O) groups excluding carboxylic acids is 1. The Labute approximate surface area is 148 Å². The third-order valence-electron chi connectivity index (χ3n) is 3.47. The molecule has 0 radical (unpaired) electrons. The zero-order chi connectivity index (χ0) is 18.5. The molecule has 0 saturated heterocycles. The summed E-state index contributed by atoms with van der Waals surface area (Å²) in [6.45, 7) is 1.96. The maximum atomic E-state index is 13.3. The number of aromatic nitrogens is 3. The van der Waals surface area contributed by atoms with Gasteiger partial charge in [0, 0.05) is 36.8 Å². The number of pyridine rings is 1. The van der Waals surface area contributed by atoms with Crippen LogP contribution in [0.5, 0.6) is 0 Å². The number of anilines is 2. The van der Waals surface area contributed by atoms with Crippen molar-refractivity contribution < 1.29 is 13.6 Å². The number of nitrogens with one attached hydrogen (secondary N) is 2. The first-order valence-electron chi connectivity index (χ1n) is 7.76. The van der Waals surface area contributed by atoms with Crippen LogP contribution >= 0.6 is 0 Å². The first-order chi connectivity index (χ1) is 12.5. The number of nitrogens with zero attached hydrogens (tertiary/aromatic N) is 3. The lowest BCUT2D eigenvalue weighted by atomic mass is 10.2. The van der Waals surface area contributed by atoms with Crippen molar-refractivity contribution in [3.63, 3.8) is 0 Å². The summed E-state index contributed by atoms with van der Waals surface area (Å²) in [4.78, 5) is 24.5. The normalized spacial score (nSPS) is 10.4. The van der Waals surface area contributed by atoms with Crippen molar-refractivity contribution in [1.82, 2.24) is 20.3 Å². The lowest BCUT2D eigenvalue weighted by Gasteiger charge is -2.09. The van der Waals surface area contributed by atoms with Crippen LogP contribution in [0.3, 0.4) is 0 Å². The largest absolute Gasteiger partial charge is 0.347 e. The maximum Gasteiger partial charge on any atom is 0.270 e. The fraction of sp³-hybridized carbons (Fsp3) is 0.111. The SMILES string of the molecule is Cc1nc(Nc2ccc(F)c(F)c2)cc(C(=O)NCc2ccncc2)n1. The molecule has 0 unspecified atom stereocenters. The van der Waals surface area contributed by atoms with E-state index in [1.54, 1.807) is 31.5 Å². The van der Waals surface area contributed by atoms with Gasteiger partial charge in [-0.05, 0) is 36.8 Å². The van der Waals surface area contributed by atoms with Gasteiger partial charge in [0.1, 0.15) is 17.3 Å². The molecule has 6 nitrogen and oxygen atoms in total. The van der Waals surface area contributed by atoms with Crippen LogP contribution in [-0.2, 0) is 6.54 Å². The molecule has 1 amide bonds. The van der Waals surface area contributed by atoms with Crippen molar-refractivity contribution in [3.8, 4) is 0 Å². The zero-order valence-electron chi connectivity index (χ0n) is 13.8. The van der Waals surface area contributed by atoms with Gasteiger partial charge in [0.25, 0.3) is 5.91 Å². The topological polar surface area (TPSA) is 79.8 Å². The van der Waals surface area contributed by atoms with Crippen molar-refractivity contribution in [2.75, 3.05) is 5.32 Å². The molecule has 3 aromatic rings. The summed E-state index contributed by atoms with van der Waals surface area (Å²) in [5.74, 6) is -1.62. The molecule has 3 rings (SSSR count). The van der Waals surface area contributed by atoms with E-state index in [4.69, 9.17) is 0 Å². The third-order valence-corrected chi connectivity index (χ3v) is 3.47. The van der Waals surface area contributed by atoms with Crippen LogP contribution < -0.4 is 10.6 Å². The summed E-state index contributed by atoms with van der Waals surface area (Å²) in [6.07, 6.45) is 3.28. The number of aryl methyl sites for hydroxylation is 1. The molecular weight excluding hydrogens is 340 g/mol. The highest BCUT2D eigenvalue weighted by Gasteiger charge is 2.11. The van der Waals surface area contributed by atoms with Gasteiger partial charge < -0.3 is 10.6 Å². The van der Waals surface area contributed by atoms with Gasteiger partial charge in [-0.2, -0.15) is 0 Å². The minimum Gasteiger partial charge on any atom is -0.347 e. The highest BCUT2D eigenvalue weighted by atomic mass is 19.2. The highest BCUT2D eigenvalue weighted by Crippen LogP contribution is 2.18. The Hall–Kier alpha value is -3.42. The van der Waals surface area contributed by atoms with Gasteiger partial charge in [-0.1, -0.05) is 0 Å². The molecule has 1 aromatic carbocycles. The van der Waals surface area contributed by atoms with Gasteiger partial charge in [-0.15, -0.1) is 0 Å². The molecule has 0 aliphatic rings. The minimum absolute atomic E-state index is 0.164. The molecule has 0 bridgehead atoms. The zero-order valence-corrected chi connectivity index (χ0v) is 13.8. The molecule has 0 aliphatic carbocycles. The van der Waals surface area contributed by atoms with Crippen molar-refractivity contribution in [2.24, 2.45) is 0 Å². The second-order valence-corrected chi connectivity index (χ2v) is 5.48. The summed E-state index contributed by atoms with van der Waals surface area (Å²) in [5.41, 5.74) is 1.38. The van der Waals surface area contributed by atoms with E-state index in [1.165, 1.54) is 12.1 Å². The predicted octanol–water partition coefficient (Wildman–Crippen LogP) is 3.13. The molecule has 2 heterocycles. The monoisotopic (exact) mass is 355 g/mol. The second-order valence-electron chi connectivity index (χ2n) is 5.48. The van der Waals surface area contributed by atoms with Crippen LogP contribution in [0.15, 0.2) is 48.8 Å². The molecule has 2 N–H and O–H groups in total. The first kappa shape index (κ1) is 17.4. The standard InChI is InChI=1S/C18H15F2N5O/c1-11-23-16(18(26)22-10-12-4-6-21-7-5-12)9-17(24-11)25-13-2-3-14(19)15(20)8-13/h2-9H,10H2,1H3,(H,22,26)(H,23,24,25). The summed E-state index contributed by atoms with van der Waals surface area (Å²) in [5, 5.41) is 5.59. The van der Waals surface area contributed by atoms with Crippen LogP contribution in [0.2, 0.25) is 0 Å². The van der Waals surface area contributed by atoms with Gasteiger partial charge in [-0.25, -0.2) is 18.7 Å². The quantitative estimate of drug-likeness (QED) is 0.735. The van der Waals surface area contributed by atoms with Crippen molar-refractivity contribution >= 4 is 17.4 Å². The molecule has 0 fully saturated rings. The number of hydrogen-bond donors (Lipinski definition) is 2. The van der Waals surface area contributed by atoms with E-state index < -0.39 is 11.6 Å². The molecule has 26 heavy (non-hydrogen) atoms. The van der Waals surface area contributed by atoms with Crippen molar-refractivity contribution in [1.29, 1.82) is 0 Å². The van der Waals surface area contributed by atoms with Crippen molar-refractivity contribution in [3.05, 3.63) is 77.5 Å². The number of benzene rings is 1. The van der Waals surface area contributed by atoms with Gasteiger partial charge in [0.2, 0.25) is 0 Å². The number of amides is 1. The van der Waals surface area contributed by atoms with E-state index in [-0.39, 0.29) is 11.6 Å². The Morgan fingerprint density at radius 1 is 1.04 bits per heavy atom. The third kappa shape index (κ3) is 4.35. The van der Waals surface area contributed by atoms with E-state index in [1.807, 2.05) is 0 Å². The molecule has 0 aliphatic heterocycles. The molecule has 0 saturated carbocycles. The smallest absolute Gasteiger partial charge is 0.270 e. The Morgan fingerprint density at radius 2 is 1.81 bits per heavy atom. The Balaban J connectivity index is 1.74. The molecule has 2 aromatic heterocycles. The molecular formula is C18H15F2N5O. The number of halogens is 2. The highest BCUT2D eigenvalue weighted by molar-refractivity contribution is 5.93. The van der Waals surface area contributed by atoms with E-state index >= 15 is 0 Å². The average Bonchev–Trinajstić information content (AvgIpc) is 2.63. The fourth-order valence-corrected chi connectivity index (χ4v) is 2.24. The van der Waals surface area contributed by atoms with Gasteiger partial charge in [0.15, 0.2) is 11.6 Å². The van der Waals surface area contributed by atoms with Crippen LogP contribution in [0.4, 0.5) is 20.3 Å². The van der Waals surface area contributed by atoms with Gasteiger partial charge >= 0.3 is 0 Å². The second kappa shape index (κ2) is 7.64. The van der Waals surface area contributed by atoms with E-state index in [0.717, 1.165) is 17.7 Å². The van der Waals surface area contributed by atoms with E-state index in [9.17, 15) is 13.6 Å². The van der Waals surface area contributed by atoms with Crippen LogP contribution in [-0.4, -0.2) is 20.9 Å². The molecule has 8 heteroatoms. The molecule has 0 spiro atoms. The van der Waals surface area contributed by atoms with Crippen LogP contribution in [0.25, 0.3) is 0 Å². The Kier molecular flexibility index (Phi) is 5.12. The molecule has 132 valence electrons. The van der Waals surface area contributed by atoms with Crippen LogP contribution in [0, 0.1) is 18.6 Å². The number of carbonyl (C=O) groups is 1. The lowest BCUT2D eigenvalue weighted by molar-refractivity contribution is 0.0945. The maximum absolute atomic E-state index is 13.3. The summed E-state index contributed by atoms with van der Waals surface area (Å²) < 4.78 is 26.3. The average molecular weight is 355 g/mol. The van der Waals surface area contributed by atoms with E-state index in [0.29, 0.717) is 23.9 Å². The number of hydrogen-bond acceptors (Lipinski definition) is 5. The Bertz CT molecular complexity index is 934. The minimum atomic E-state index is -0.976. The van der Waals surface area contributed by atoms with E-state index in [2.05, 4.69) is 25.6 Å². The first-order valence-corrected chi connectivity index (χ1v) is 7.76. The van der Waals surface area contributed by atoms with Crippen molar-refractivity contribution in [2.45, 2.75) is 13.5 Å². The van der Waals surface area contributed by atoms with Gasteiger partial charge in [0.05, 0.1) is 0 Å². The summed E-state index contributed by atoms with van der Waals surface area (Å²) in [7, 11) is 0. The predicted molar refractivity (Wildman–Crippen MR) is 91.8 cm³/mol. The Morgan fingerprint density at radius 3 is 2.54 bits per heavy atom. The fourth-order valence-electron chi connectivity index (χ4n) is 2.24. The lowest BCUT2D eigenvalue weighted by Crippen LogP contribution is -2.24.